The maximum absolute atomic E-state index is 12.2. The van der Waals surface area contributed by atoms with Crippen molar-refractivity contribution in [3.05, 3.63) is 52.9 Å². The van der Waals surface area contributed by atoms with E-state index in [0.717, 1.165) is 22.5 Å². The third-order valence-electron chi connectivity index (χ3n) is 3.25. The van der Waals surface area contributed by atoms with Gasteiger partial charge in [0.1, 0.15) is 4.21 Å². The number of hydrogen-bond acceptors (Lipinski definition) is 4. The molecule has 0 fully saturated rings. The van der Waals surface area contributed by atoms with Crippen LogP contribution in [0.3, 0.4) is 0 Å². The number of rotatable bonds is 3. The minimum Gasteiger partial charge on any atom is -0.391 e. The molecule has 1 heterocycles. The van der Waals surface area contributed by atoms with Gasteiger partial charge in [-0.2, -0.15) is 0 Å². The van der Waals surface area contributed by atoms with E-state index in [1.165, 1.54) is 0 Å². The fourth-order valence-electron chi connectivity index (χ4n) is 2.36. The molecule has 0 bridgehead atoms. The zero-order valence-corrected chi connectivity index (χ0v) is 11.6. The van der Waals surface area contributed by atoms with Crippen molar-refractivity contribution < 1.29 is 13.5 Å². The smallest absolute Gasteiger partial charge is 0.250 e. The lowest BCUT2D eigenvalue weighted by atomic mass is 10.1. The van der Waals surface area contributed by atoms with Crippen LogP contribution in [-0.4, -0.2) is 19.6 Å². The number of benzene rings is 1. The van der Waals surface area contributed by atoms with E-state index in [1.54, 1.807) is 17.5 Å². The minimum atomic E-state index is -3.57. The summed E-state index contributed by atoms with van der Waals surface area (Å²) in [7, 11) is -3.57. The van der Waals surface area contributed by atoms with Gasteiger partial charge in [-0.1, -0.05) is 30.3 Å². The largest absolute Gasteiger partial charge is 0.391 e. The molecule has 1 aliphatic carbocycles. The first-order valence-corrected chi connectivity index (χ1v) is 8.26. The number of fused-ring (bicyclic) bond motifs is 1. The predicted molar refractivity (Wildman–Crippen MR) is 73.5 cm³/mol. The lowest BCUT2D eigenvalue weighted by Gasteiger charge is -2.17. The molecule has 2 unspecified atom stereocenters. The van der Waals surface area contributed by atoms with Crippen LogP contribution in [0.15, 0.2) is 46.0 Å². The summed E-state index contributed by atoms with van der Waals surface area (Å²) in [5.74, 6) is 0. The second kappa shape index (κ2) is 4.72. The Balaban J connectivity index is 1.92. The van der Waals surface area contributed by atoms with Crippen LogP contribution in [0.25, 0.3) is 0 Å². The van der Waals surface area contributed by atoms with Gasteiger partial charge in [0.25, 0.3) is 10.0 Å². The minimum absolute atomic E-state index is 0.268. The standard InChI is InChI=1S/C13H13NO3S2/c15-11-8-9-4-1-2-5-10(9)13(11)14-19(16,17)12-6-3-7-18-12/h1-7,11,13-15H,8H2. The van der Waals surface area contributed by atoms with Crippen molar-refractivity contribution in [1.82, 2.24) is 4.72 Å². The fourth-order valence-corrected chi connectivity index (χ4v) is 4.62. The Kier molecular flexibility index (Phi) is 3.18. The van der Waals surface area contributed by atoms with Gasteiger partial charge in [0.2, 0.25) is 0 Å². The Morgan fingerprint density at radius 2 is 2.00 bits per heavy atom. The summed E-state index contributed by atoms with van der Waals surface area (Å²) in [5.41, 5.74) is 1.85. The first-order valence-electron chi connectivity index (χ1n) is 5.89. The van der Waals surface area contributed by atoms with E-state index < -0.39 is 22.2 Å². The molecule has 2 aromatic rings. The molecule has 6 heteroatoms. The van der Waals surface area contributed by atoms with Crippen molar-refractivity contribution in [1.29, 1.82) is 0 Å². The number of thiophene rings is 1. The van der Waals surface area contributed by atoms with E-state index in [4.69, 9.17) is 0 Å². The molecule has 3 rings (SSSR count). The molecular formula is C13H13NO3S2. The third kappa shape index (κ3) is 2.32. The van der Waals surface area contributed by atoms with Gasteiger partial charge in [-0.15, -0.1) is 11.3 Å². The SMILES string of the molecule is O=S(=O)(NC1c2ccccc2CC1O)c1cccs1. The van der Waals surface area contributed by atoms with Crippen LogP contribution in [0.4, 0.5) is 0 Å². The average molecular weight is 295 g/mol. The lowest BCUT2D eigenvalue weighted by molar-refractivity contribution is 0.151. The summed E-state index contributed by atoms with van der Waals surface area (Å²) in [5, 5.41) is 11.8. The normalized spacial score (nSPS) is 22.4. The Labute approximate surface area is 115 Å². The predicted octanol–water partition coefficient (Wildman–Crippen LogP) is 1.68. The summed E-state index contributed by atoms with van der Waals surface area (Å²) in [6, 6.07) is 10.2. The summed E-state index contributed by atoms with van der Waals surface area (Å²) >= 11 is 1.16. The molecule has 2 N–H and O–H groups in total. The van der Waals surface area contributed by atoms with Gasteiger partial charge in [-0.3, -0.25) is 0 Å². The van der Waals surface area contributed by atoms with Crippen molar-refractivity contribution in [2.45, 2.75) is 22.8 Å². The monoisotopic (exact) mass is 295 g/mol. The number of aliphatic hydroxyl groups excluding tert-OH is 1. The van der Waals surface area contributed by atoms with Crippen molar-refractivity contribution in [3.63, 3.8) is 0 Å². The van der Waals surface area contributed by atoms with Crippen molar-refractivity contribution in [3.8, 4) is 0 Å². The molecule has 0 aliphatic heterocycles. The molecule has 0 radical (unpaired) electrons. The topological polar surface area (TPSA) is 66.4 Å². The van der Waals surface area contributed by atoms with Crippen LogP contribution in [0.5, 0.6) is 0 Å². The van der Waals surface area contributed by atoms with Gasteiger partial charge >= 0.3 is 0 Å². The van der Waals surface area contributed by atoms with Gasteiger partial charge in [0, 0.05) is 6.42 Å². The van der Waals surface area contributed by atoms with E-state index >= 15 is 0 Å². The molecular weight excluding hydrogens is 282 g/mol. The van der Waals surface area contributed by atoms with E-state index in [0.29, 0.717) is 6.42 Å². The van der Waals surface area contributed by atoms with Crippen LogP contribution in [0, 0.1) is 0 Å². The zero-order chi connectivity index (χ0) is 13.5. The van der Waals surface area contributed by atoms with Crippen LogP contribution in [-0.2, 0) is 16.4 Å². The van der Waals surface area contributed by atoms with Crippen LogP contribution < -0.4 is 4.72 Å². The highest BCUT2D eigenvalue weighted by Gasteiger charge is 2.34. The molecule has 1 aromatic heterocycles. The Morgan fingerprint density at radius 3 is 2.74 bits per heavy atom. The molecule has 4 nitrogen and oxygen atoms in total. The maximum atomic E-state index is 12.2. The van der Waals surface area contributed by atoms with Gasteiger partial charge in [0.05, 0.1) is 12.1 Å². The third-order valence-corrected chi connectivity index (χ3v) is 6.08. The molecule has 1 aromatic carbocycles. The van der Waals surface area contributed by atoms with Crippen molar-refractivity contribution in [2.24, 2.45) is 0 Å². The molecule has 1 aliphatic rings. The maximum Gasteiger partial charge on any atom is 0.250 e. The highest BCUT2D eigenvalue weighted by molar-refractivity contribution is 7.91. The molecule has 0 saturated heterocycles. The molecule has 19 heavy (non-hydrogen) atoms. The van der Waals surface area contributed by atoms with E-state index in [9.17, 15) is 13.5 Å². The van der Waals surface area contributed by atoms with Crippen molar-refractivity contribution >= 4 is 21.4 Å². The highest BCUT2D eigenvalue weighted by atomic mass is 32.2. The lowest BCUT2D eigenvalue weighted by Crippen LogP contribution is -2.33. The Morgan fingerprint density at radius 1 is 1.21 bits per heavy atom. The Bertz CT molecular complexity index is 680. The number of sulfonamides is 1. The van der Waals surface area contributed by atoms with E-state index in [2.05, 4.69) is 4.72 Å². The van der Waals surface area contributed by atoms with Crippen LogP contribution >= 0.6 is 11.3 Å². The van der Waals surface area contributed by atoms with Gasteiger partial charge in [0.15, 0.2) is 0 Å². The quantitative estimate of drug-likeness (QED) is 0.905. The van der Waals surface area contributed by atoms with Crippen LogP contribution in [0.1, 0.15) is 17.2 Å². The van der Waals surface area contributed by atoms with E-state index in [1.807, 2.05) is 24.3 Å². The number of hydrogen-bond donors (Lipinski definition) is 2. The van der Waals surface area contributed by atoms with Gasteiger partial charge in [-0.05, 0) is 22.6 Å². The molecule has 0 amide bonds. The van der Waals surface area contributed by atoms with Gasteiger partial charge < -0.3 is 5.11 Å². The molecule has 0 saturated carbocycles. The number of nitrogens with one attached hydrogen (secondary N) is 1. The first-order chi connectivity index (χ1) is 9.08. The summed E-state index contributed by atoms with van der Waals surface area (Å²) in [4.78, 5) is 0. The highest BCUT2D eigenvalue weighted by Crippen LogP contribution is 2.32. The second-order valence-electron chi connectivity index (χ2n) is 4.50. The van der Waals surface area contributed by atoms with Gasteiger partial charge in [-0.25, -0.2) is 13.1 Å². The zero-order valence-electron chi connectivity index (χ0n) is 9.98. The van der Waals surface area contributed by atoms with E-state index in [-0.39, 0.29) is 4.21 Å². The van der Waals surface area contributed by atoms with Crippen LogP contribution in [0.2, 0.25) is 0 Å². The summed E-state index contributed by atoms with van der Waals surface area (Å²) < 4.78 is 27.2. The first kappa shape index (κ1) is 12.8. The molecule has 2 atom stereocenters. The summed E-state index contributed by atoms with van der Waals surface area (Å²) in [6.07, 6.45) is -0.236. The number of aliphatic hydroxyl groups is 1. The second-order valence-corrected chi connectivity index (χ2v) is 7.39. The summed E-state index contributed by atoms with van der Waals surface area (Å²) in [6.45, 7) is 0. The molecule has 0 spiro atoms. The van der Waals surface area contributed by atoms with Crippen molar-refractivity contribution in [2.75, 3.05) is 0 Å². The molecule has 100 valence electrons. The fraction of sp³-hybridized carbons (Fsp3) is 0.231. The Hall–Kier alpha value is -1.21. The average Bonchev–Trinajstić information content (AvgIpc) is 2.99.